The minimum Gasteiger partial charge on any atom is -0.375 e. The third-order valence-electron chi connectivity index (χ3n) is 2.62. The number of hydrogen-bond donors (Lipinski definition) is 1. The van der Waals surface area contributed by atoms with E-state index in [4.69, 9.17) is 9.47 Å². The third kappa shape index (κ3) is 2.40. The summed E-state index contributed by atoms with van der Waals surface area (Å²) in [6.45, 7) is 0.626. The summed E-state index contributed by atoms with van der Waals surface area (Å²) < 4.78 is 10.6. The van der Waals surface area contributed by atoms with Gasteiger partial charge < -0.3 is 14.8 Å². The van der Waals surface area contributed by atoms with Gasteiger partial charge in [-0.15, -0.1) is 0 Å². The van der Waals surface area contributed by atoms with Gasteiger partial charge in [0.1, 0.15) is 12.7 Å². The number of hydrogen-bond acceptors (Lipinski definition) is 3. The summed E-state index contributed by atoms with van der Waals surface area (Å²) in [5.74, 6) is -0.0887. The average Bonchev–Trinajstić information content (AvgIpc) is 2.31. The Morgan fingerprint density at radius 3 is 2.81 bits per heavy atom. The molecule has 16 heavy (non-hydrogen) atoms. The Bertz CT molecular complexity index is 353. The predicted octanol–water partition coefficient (Wildman–Crippen LogP) is 0.889. The van der Waals surface area contributed by atoms with Crippen LogP contribution in [0.2, 0.25) is 0 Å². The van der Waals surface area contributed by atoms with Gasteiger partial charge in [0.2, 0.25) is 5.91 Å². The number of morpholine rings is 1. The lowest BCUT2D eigenvalue weighted by Gasteiger charge is -2.30. The largest absolute Gasteiger partial charge is 0.375 e. The highest BCUT2D eigenvalue weighted by Crippen LogP contribution is 2.21. The Morgan fingerprint density at radius 2 is 2.19 bits per heavy atom. The van der Waals surface area contributed by atoms with Gasteiger partial charge in [-0.25, -0.2) is 0 Å². The van der Waals surface area contributed by atoms with Crippen molar-refractivity contribution in [2.45, 2.75) is 12.1 Å². The summed E-state index contributed by atoms with van der Waals surface area (Å²) in [6.07, 6.45) is -0.162. The fraction of sp³-hybridized carbons (Fsp3) is 0.417. The lowest BCUT2D eigenvalue weighted by molar-refractivity contribution is -0.134. The van der Waals surface area contributed by atoms with Crippen molar-refractivity contribution in [3.63, 3.8) is 0 Å². The Kier molecular flexibility index (Phi) is 3.54. The van der Waals surface area contributed by atoms with Gasteiger partial charge >= 0.3 is 0 Å². The van der Waals surface area contributed by atoms with E-state index in [1.54, 1.807) is 7.11 Å². The van der Waals surface area contributed by atoms with Gasteiger partial charge in [-0.3, -0.25) is 4.79 Å². The van der Waals surface area contributed by atoms with Crippen LogP contribution in [-0.4, -0.2) is 32.3 Å². The van der Waals surface area contributed by atoms with Crippen molar-refractivity contribution in [1.29, 1.82) is 0 Å². The Labute approximate surface area is 94.6 Å². The fourth-order valence-electron chi connectivity index (χ4n) is 1.91. The van der Waals surface area contributed by atoms with E-state index in [9.17, 15) is 4.79 Å². The molecule has 0 bridgehead atoms. The van der Waals surface area contributed by atoms with Crippen LogP contribution in [-0.2, 0) is 14.3 Å². The maximum absolute atomic E-state index is 11.2. The van der Waals surface area contributed by atoms with Gasteiger partial charge in [0.05, 0.1) is 12.6 Å². The smallest absolute Gasteiger partial charge is 0.246 e. The van der Waals surface area contributed by atoms with Crippen molar-refractivity contribution >= 4 is 5.91 Å². The standard InChI is InChI=1S/C12H15NO3/c1-15-12(9-5-3-2-4-6-9)10-7-16-8-11(14)13-10/h2-6,10,12H,7-8H2,1H3,(H,13,14). The zero-order valence-electron chi connectivity index (χ0n) is 9.18. The van der Waals surface area contributed by atoms with E-state index in [1.807, 2.05) is 30.3 Å². The van der Waals surface area contributed by atoms with Gasteiger partial charge in [-0.1, -0.05) is 30.3 Å². The second-order valence-corrected chi connectivity index (χ2v) is 3.76. The first kappa shape index (κ1) is 11.1. The first-order chi connectivity index (χ1) is 7.81. The third-order valence-corrected chi connectivity index (χ3v) is 2.62. The number of carbonyl (C=O) groups is 1. The first-order valence-electron chi connectivity index (χ1n) is 5.26. The molecule has 0 saturated carbocycles. The Morgan fingerprint density at radius 1 is 1.44 bits per heavy atom. The summed E-state index contributed by atoms with van der Waals surface area (Å²) in [4.78, 5) is 11.2. The van der Waals surface area contributed by atoms with E-state index in [1.165, 1.54) is 0 Å². The number of ether oxygens (including phenoxy) is 2. The molecule has 1 aromatic carbocycles. The molecule has 0 aliphatic carbocycles. The Balaban J connectivity index is 2.13. The van der Waals surface area contributed by atoms with Crippen molar-refractivity contribution in [2.24, 2.45) is 0 Å². The van der Waals surface area contributed by atoms with E-state index in [0.29, 0.717) is 6.61 Å². The van der Waals surface area contributed by atoms with Crippen LogP contribution in [0.3, 0.4) is 0 Å². The van der Waals surface area contributed by atoms with Crippen LogP contribution < -0.4 is 5.32 Å². The number of carbonyl (C=O) groups excluding carboxylic acids is 1. The first-order valence-corrected chi connectivity index (χ1v) is 5.26. The maximum atomic E-state index is 11.2. The molecule has 0 aromatic heterocycles. The molecule has 0 radical (unpaired) electrons. The predicted molar refractivity (Wildman–Crippen MR) is 58.9 cm³/mol. The van der Waals surface area contributed by atoms with Crippen LogP contribution in [0.25, 0.3) is 0 Å². The highest BCUT2D eigenvalue weighted by Gasteiger charge is 2.28. The van der Waals surface area contributed by atoms with Gasteiger partial charge in [0.25, 0.3) is 0 Å². The molecule has 1 N–H and O–H groups in total. The highest BCUT2D eigenvalue weighted by molar-refractivity contribution is 5.78. The number of benzene rings is 1. The van der Waals surface area contributed by atoms with Crippen molar-refractivity contribution in [1.82, 2.24) is 5.32 Å². The normalized spacial score (nSPS) is 22.6. The summed E-state index contributed by atoms with van der Waals surface area (Å²) >= 11 is 0. The lowest BCUT2D eigenvalue weighted by atomic mass is 10.0. The minimum absolute atomic E-state index is 0.0887. The molecular weight excluding hydrogens is 206 g/mol. The number of methoxy groups -OCH3 is 1. The molecule has 1 fully saturated rings. The van der Waals surface area contributed by atoms with E-state index in [2.05, 4.69) is 5.32 Å². The van der Waals surface area contributed by atoms with Gasteiger partial charge in [-0.2, -0.15) is 0 Å². The quantitative estimate of drug-likeness (QED) is 0.824. The van der Waals surface area contributed by atoms with Crippen molar-refractivity contribution < 1.29 is 14.3 Å². The molecule has 4 heteroatoms. The number of rotatable bonds is 3. The molecule has 2 atom stereocenters. The molecule has 2 unspecified atom stereocenters. The van der Waals surface area contributed by atoms with Crippen molar-refractivity contribution in [2.75, 3.05) is 20.3 Å². The zero-order valence-corrected chi connectivity index (χ0v) is 9.18. The molecule has 1 aromatic rings. The van der Waals surface area contributed by atoms with Gasteiger partial charge in [-0.05, 0) is 5.56 Å². The minimum atomic E-state index is -0.162. The molecule has 0 spiro atoms. The molecule has 86 valence electrons. The van der Waals surface area contributed by atoms with E-state index in [-0.39, 0.29) is 24.7 Å². The summed E-state index contributed by atoms with van der Waals surface area (Å²) in [5.41, 5.74) is 1.04. The van der Waals surface area contributed by atoms with Crippen LogP contribution in [0.15, 0.2) is 30.3 Å². The molecule has 1 aliphatic heterocycles. The number of nitrogens with one attached hydrogen (secondary N) is 1. The van der Waals surface area contributed by atoms with Crippen LogP contribution in [0.1, 0.15) is 11.7 Å². The zero-order chi connectivity index (χ0) is 11.4. The summed E-state index contributed by atoms with van der Waals surface area (Å²) in [5, 5.41) is 2.88. The molecule has 2 rings (SSSR count). The monoisotopic (exact) mass is 221 g/mol. The molecule has 4 nitrogen and oxygen atoms in total. The molecule has 1 saturated heterocycles. The molecular formula is C12H15NO3. The second-order valence-electron chi connectivity index (χ2n) is 3.76. The molecule has 1 amide bonds. The number of amides is 1. The topological polar surface area (TPSA) is 47.6 Å². The fourth-order valence-corrected chi connectivity index (χ4v) is 1.91. The van der Waals surface area contributed by atoms with Gasteiger partial charge in [0, 0.05) is 7.11 Å². The van der Waals surface area contributed by atoms with Crippen LogP contribution in [0.5, 0.6) is 0 Å². The van der Waals surface area contributed by atoms with Crippen molar-refractivity contribution in [3.8, 4) is 0 Å². The highest BCUT2D eigenvalue weighted by atomic mass is 16.5. The van der Waals surface area contributed by atoms with Gasteiger partial charge in [0.15, 0.2) is 0 Å². The lowest BCUT2D eigenvalue weighted by Crippen LogP contribution is -2.49. The average molecular weight is 221 g/mol. The second kappa shape index (κ2) is 5.09. The van der Waals surface area contributed by atoms with Crippen LogP contribution in [0, 0.1) is 0 Å². The van der Waals surface area contributed by atoms with E-state index >= 15 is 0 Å². The Hall–Kier alpha value is -1.39. The summed E-state index contributed by atoms with van der Waals surface area (Å²) in [6, 6.07) is 9.70. The van der Waals surface area contributed by atoms with Crippen molar-refractivity contribution in [3.05, 3.63) is 35.9 Å². The van der Waals surface area contributed by atoms with E-state index < -0.39 is 0 Å². The SMILES string of the molecule is COC(c1ccccc1)C1COCC(=O)N1. The summed E-state index contributed by atoms with van der Waals surface area (Å²) in [7, 11) is 1.64. The maximum Gasteiger partial charge on any atom is 0.246 e. The molecule has 1 aliphatic rings. The van der Waals surface area contributed by atoms with Crippen LogP contribution in [0.4, 0.5) is 0 Å². The van der Waals surface area contributed by atoms with Crippen LogP contribution >= 0.6 is 0 Å². The van der Waals surface area contributed by atoms with E-state index in [0.717, 1.165) is 5.56 Å². The molecule has 1 heterocycles.